The van der Waals surface area contributed by atoms with Gasteiger partial charge in [0.1, 0.15) is 0 Å². The number of anilines is 1. The van der Waals surface area contributed by atoms with Gasteiger partial charge in [-0.2, -0.15) is 0 Å². The summed E-state index contributed by atoms with van der Waals surface area (Å²) in [7, 11) is 3.83. The van der Waals surface area contributed by atoms with Crippen molar-refractivity contribution in [3.8, 4) is 0 Å². The van der Waals surface area contributed by atoms with Gasteiger partial charge in [0.25, 0.3) is 0 Å². The minimum atomic E-state index is 0.703. The minimum Gasteiger partial charge on any atom is -0.355 e. The second kappa shape index (κ2) is 4.75. The fraction of sp³-hybridized carbons (Fsp3) is 0.300. The molecule has 0 fully saturated rings. The van der Waals surface area contributed by atoms with Crippen LogP contribution >= 0.6 is 28.1 Å². The molecule has 0 heterocycles. The molecule has 0 aromatic heterocycles. The van der Waals surface area contributed by atoms with Gasteiger partial charge in [-0.05, 0) is 52.8 Å². The molecular weight excluding hydrogens is 260 g/mol. The highest BCUT2D eigenvalue weighted by Crippen LogP contribution is 2.23. The molecule has 0 unspecified atom stereocenters. The van der Waals surface area contributed by atoms with Crippen molar-refractivity contribution in [1.82, 2.24) is 4.90 Å². The molecule has 0 aliphatic rings. The first-order valence-corrected chi connectivity index (χ1v) is 5.45. The molecule has 4 heteroatoms. The van der Waals surface area contributed by atoms with Crippen molar-refractivity contribution < 1.29 is 0 Å². The van der Waals surface area contributed by atoms with Crippen molar-refractivity contribution in [1.29, 1.82) is 0 Å². The summed E-state index contributed by atoms with van der Waals surface area (Å²) in [5.41, 5.74) is 2.22. The molecule has 0 saturated heterocycles. The van der Waals surface area contributed by atoms with Gasteiger partial charge in [0, 0.05) is 18.6 Å². The molecule has 1 N–H and O–H groups in total. The number of hydrogen-bond donors (Lipinski definition) is 1. The van der Waals surface area contributed by atoms with Crippen LogP contribution in [-0.4, -0.2) is 24.1 Å². The Morgan fingerprint density at radius 1 is 1.43 bits per heavy atom. The van der Waals surface area contributed by atoms with Crippen molar-refractivity contribution in [3.05, 3.63) is 28.2 Å². The third kappa shape index (κ3) is 2.96. The van der Waals surface area contributed by atoms with Gasteiger partial charge in [0.05, 0.1) is 5.69 Å². The number of thiocarbonyl (C=S) groups is 1. The maximum Gasteiger partial charge on any atom is 0.172 e. The van der Waals surface area contributed by atoms with E-state index < -0.39 is 0 Å². The molecule has 14 heavy (non-hydrogen) atoms. The largest absolute Gasteiger partial charge is 0.355 e. The Morgan fingerprint density at radius 2 is 2.07 bits per heavy atom. The van der Waals surface area contributed by atoms with E-state index in [0.717, 1.165) is 10.2 Å². The zero-order valence-corrected chi connectivity index (χ0v) is 10.9. The predicted molar refractivity (Wildman–Crippen MR) is 68.8 cm³/mol. The molecule has 0 bridgehead atoms. The lowest BCUT2D eigenvalue weighted by Crippen LogP contribution is -2.27. The summed E-state index contributed by atoms with van der Waals surface area (Å²) in [5, 5.41) is 3.85. The van der Waals surface area contributed by atoms with Gasteiger partial charge >= 0.3 is 0 Å². The molecular formula is C10H13BrN2S. The molecule has 0 amide bonds. The normalized spacial score (nSPS) is 9.71. The smallest absolute Gasteiger partial charge is 0.172 e. The van der Waals surface area contributed by atoms with Gasteiger partial charge in [-0.3, -0.25) is 0 Å². The quantitative estimate of drug-likeness (QED) is 0.792. The number of rotatable bonds is 1. The Balaban J connectivity index is 2.82. The number of hydrogen-bond acceptors (Lipinski definition) is 1. The first-order chi connectivity index (χ1) is 6.50. The van der Waals surface area contributed by atoms with Crippen molar-refractivity contribution in [2.24, 2.45) is 0 Å². The fourth-order valence-electron chi connectivity index (χ4n) is 0.949. The molecule has 1 rings (SSSR count). The van der Waals surface area contributed by atoms with Crippen molar-refractivity contribution in [3.63, 3.8) is 0 Å². The van der Waals surface area contributed by atoms with E-state index >= 15 is 0 Å². The van der Waals surface area contributed by atoms with Gasteiger partial charge in [0.2, 0.25) is 0 Å². The molecule has 2 nitrogen and oxygen atoms in total. The standard InChI is InChI=1S/C10H13BrN2S/c1-7-4-5-9(8(11)6-7)12-10(14)13(2)3/h4-6H,1-3H3,(H,12,14). The molecule has 0 aliphatic carbocycles. The monoisotopic (exact) mass is 272 g/mol. The number of nitrogens with zero attached hydrogens (tertiary/aromatic N) is 1. The van der Waals surface area contributed by atoms with E-state index in [0.29, 0.717) is 5.11 Å². The number of halogens is 1. The van der Waals surface area contributed by atoms with Crippen LogP contribution in [0.1, 0.15) is 5.56 Å². The molecule has 0 spiro atoms. The zero-order chi connectivity index (χ0) is 10.7. The molecule has 0 atom stereocenters. The van der Waals surface area contributed by atoms with Gasteiger partial charge in [0.15, 0.2) is 5.11 Å². The third-order valence-corrected chi connectivity index (χ3v) is 2.90. The Bertz CT molecular complexity index is 350. The maximum absolute atomic E-state index is 5.15. The SMILES string of the molecule is Cc1ccc(NC(=S)N(C)C)c(Br)c1. The van der Waals surface area contributed by atoms with Crippen LogP contribution in [0.15, 0.2) is 22.7 Å². The summed E-state index contributed by atoms with van der Waals surface area (Å²) in [6, 6.07) is 6.11. The highest BCUT2D eigenvalue weighted by Gasteiger charge is 2.03. The van der Waals surface area contributed by atoms with E-state index in [1.165, 1.54) is 5.56 Å². The van der Waals surface area contributed by atoms with Crippen LogP contribution < -0.4 is 5.32 Å². The lowest BCUT2D eigenvalue weighted by atomic mass is 10.2. The van der Waals surface area contributed by atoms with E-state index in [1.807, 2.05) is 31.1 Å². The zero-order valence-electron chi connectivity index (χ0n) is 8.47. The van der Waals surface area contributed by atoms with E-state index in [2.05, 4.69) is 34.2 Å². The molecule has 0 aliphatic heterocycles. The molecule has 0 radical (unpaired) electrons. The number of benzene rings is 1. The van der Waals surface area contributed by atoms with Crippen LogP contribution in [0.2, 0.25) is 0 Å². The van der Waals surface area contributed by atoms with E-state index in [1.54, 1.807) is 0 Å². The summed E-state index contributed by atoms with van der Waals surface area (Å²) in [6.45, 7) is 2.05. The van der Waals surface area contributed by atoms with Crippen LogP contribution in [0.4, 0.5) is 5.69 Å². The van der Waals surface area contributed by atoms with Gasteiger partial charge < -0.3 is 10.2 Å². The predicted octanol–water partition coefficient (Wildman–Crippen LogP) is 3.02. The summed E-state index contributed by atoms with van der Waals surface area (Å²) >= 11 is 8.63. The summed E-state index contributed by atoms with van der Waals surface area (Å²) in [4.78, 5) is 1.86. The Morgan fingerprint density at radius 3 is 2.57 bits per heavy atom. The molecule has 1 aromatic carbocycles. The van der Waals surface area contributed by atoms with Crippen LogP contribution in [-0.2, 0) is 0 Å². The fourth-order valence-corrected chi connectivity index (χ4v) is 1.65. The van der Waals surface area contributed by atoms with E-state index in [9.17, 15) is 0 Å². The van der Waals surface area contributed by atoms with Gasteiger partial charge in [-0.1, -0.05) is 6.07 Å². The molecule has 76 valence electrons. The maximum atomic E-state index is 5.15. The van der Waals surface area contributed by atoms with Crippen molar-refractivity contribution >= 4 is 38.9 Å². The second-order valence-corrected chi connectivity index (χ2v) is 4.55. The number of nitrogens with one attached hydrogen (secondary N) is 1. The number of aryl methyl sites for hydroxylation is 1. The Kier molecular flexibility index (Phi) is 3.89. The van der Waals surface area contributed by atoms with Gasteiger partial charge in [-0.15, -0.1) is 0 Å². The average Bonchev–Trinajstić information content (AvgIpc) is 2.09. The first kappa shape index (κ1) is 11.5. The lowest BCUT2D eigenvalue weighted by molar-refractivity contribution is 0.634. The van der Waals surface area contributed by atoms with Crippen molar-refractivity contribution in [2.45, 2.75) is 6.92 Å². The van der Waals surface area contributed by atoms with Crippen LogP contribution in [0.5, 0.6) is 0 Å². The molecule has 1 aromatic rings. The van der Waals surface area contributed by atoms with E-state index in [-0.39, 0.29) is 0 Å². The Labute approximate surface area is 98.4 Å². The highest BCUT2D eigenvalue weighted by molar-refractivity contribution is 9.10. The first-order valence-electron chi connectivity index (χ1n) is 4.25. The Hall–Kier alpha value is -0.610. The van der Waals surface area contributed by atoms with Gasteiger partial charge in [-0.25, -0.2) is 0 Å². The average molecular weight is 273 g/mol. The highest BCUT2D eigenvalue weighted by atomic mass is 79.9. The second-order valence-electron chi connectivity index (χ2n) is 3.31. The lowest BCUT2D eigenvalue weighted by Gasteiger charge is -2.16. The van der Waals surface area contributed by atoms with Crippen LogP contribution in [0.25, 0.3) is 0 Å². The minimum absolute atomic E-state index is 0.703. The topological polar surface area (TPSA) is 15.3 Å². The van der Waals surface area contributed by atoms with Crippen LogP contribution in [0, 0.1) is 6.92 Å². The summed E-state index contributed by atoms with van der Waals surface area (Å²) in [6.07, 6.45) is 0. The molecule has 0 saturated carbocycles. The van der Waals surface area contributed by atoms with E-state index in [4.69, 9.17) is 12.2 Å². The van der Waals surface area contributed by atoms with Crippen molar-refractivity contribution in [2.75, 3.05) is 19.4 Å². The summed E-state index contributed by atoms with van der Waals surface area (Å²) in [5.74, 6) is 0. The summed E-state index contributed by atoms with van der Waals surface area (Å²) < 4.78 is 1.03. The third-order valence-electron chi connectivity index (χ3n) is 1.77. The van der Waals surface area contributed by atoms with Crippen LogP contribution in [0.3, 0.4) is 0 Å².